The first-order valence-corrected chi connectivity index (χ1v) is 9.03. The molecule has 0 amide bonds. The summed E-state index contributed by atoms with van der Waals surface area (Å²) in [7, 11) is 0. The summed E-state index contributed by atoms with van der Waals surface area (Å²) >= 11 is 7.42. The van der Waals surface area contributed by atoms with Gasteiger partial charge in [0, 0.05) is 0 Å². The molecule has 3 aromatic rings. The van der Waals surface area contributed by atoms with Crippen molar-refractivity contribution in [3.63, 3.8) is 0 Å². The maximum absolute atomic E-state index is 13.0. The molecular formula is C18H15ClN2O3S. The Balaban J connectivity index is 2.16. The third kappa shape index (κ3) is 3.70. The molecule has 128 valence electrons. The number of esters is 1. The molecule has 0 aliphatic carbocycles. The number of hydrogen-bond donors (Lipinski definition) is 0. The second kappa shape index (κ2) is 7.72. The van der Waals surface area contributed by atoms with Crippen LogP contribution < -0.4 is 5.56 Å². The first kappa shape index (κ1) is 17.5. The predicted molar refractivity (Wildman–Crippen MR) is 99.7 cm³/mol. The molecule has 3 rings (SSSR count). The van der Waals surface area contributed by atoms with E-state index in [0.29, 0.717) is 33.4 Å². The molecule has 0 bridgehead atoms. The molecule has 0 spiro atoms. The van der Waals surface area contributed by atoms with E-state index in [-0.39, 0.29) is 17.3 Å². The molecule has 1 heterocycles. The zero-order valence-electron chi connectivity index (χ0n) is 13.4. The highest BCUT2D eigenvalue weighted by Gasteiger charge is 2.16. The third-order valence-corrected chi connectivity index (χ3v) is 4.69. The van der Waals surface area contributed by atoms with Crippen LogP contribution in [0.25, 0.3) is 16.6 Å². The van der Waals surface area contributed by atoms with Gasteiger partial charge in [-0.3, -0.25) is 14.2 Å². The predicted octanol–water partition coefficient (Wildman–Crippen LogP) is 3.69. The highest BCUT2D eigenvalue weighted by Crippen LogP contribution is 2.25. The fourth-order valence-corrected chi connectivity index (χ4v) is 3.40. The second-order valence-electron chi connectivity index (χ2n) is 5.10. The monoisotopic (exact) mass is 374 g/mol. The van der Waals surface area contributed by atoms with Gasteiger partial charge < -0.3 is 4.74 Å². The smallest absolute Gasteiger partial charge is 0.316 e. The minimum absolute atomic E-state index is 0.0586. The Morgan fingerprint density at radius 2 is 1.92 bits per heavy atom. The summed E-state index contributed by atoms with van der Waals surface area (Å²) in [5.74, 6) is -0.302. The van der Waals surface area contributed by atoms with Crippen molar-refractivity contribution in [2.24, 2.45) is 0 Å². The Bertz CT molecular complexity index is 987. The van der Waals surface area contributed by atoms with Crippen molar-refractivity contribution < 1.29 is 9.53 Å². The van der Waals surface area contributed by atoms with Gasteiger partial charge in [-0.15, -0.1) is 0 Å². The molecule has 2 aromatic carbocycles. The van der Waals surface area contributed by atoms with Crippen LogP contribution >= 0.6 is 23.4 Å². The van der Waals surface area contributed by atoms with Crippen molar-refractivity contribution in [2.75, 3.05) is 12.4 Å². The fourth-order valence-electron chi connectivity index (χ4n) is 2.38. The Morgan fingerprint density at radius 1 is 1.20 bits per heavy atom. The molecule has 0 radical (unpaired) electrons. The van der Waals surface area contributed by atoms with Gasteiger partial charge in [0.05, 0.1) is 34.0 Å². The van der Waals surface area contributed by atoms with Gasteiger partial charge in [-0.2, -0.15) is 0 Å². The number of hydrogen-bond acceptors (Lipinski definition) is 5. The minimum Gasteiger partial charge on any atom is -0.465 e. The van der Waals surface area contributed by atoms with E-state index in [1.54, 1.807) is 49.4 Å². The summed E-state index contributed by atoms with van der Waals surface area (Å²) in [6.07, 6.45) is 0. The highest BCUT2D eigenvalue weighted by molar-refractivity contribution is 7.99. The molecule has 1 aromatic heterocycles. The lowest BCUT2D eigenvalue weighted by Gasteiger charge is -2.14. The van der Waals surface area contributed by atoms with Gasteiger partial charge in [0.15, 0.2) is 5.16 Å². The van der Waals surface area contributed by atoms with E-state index in [9.17, 15) is 9.59 Å². The van der Waals surface area contributed by atoms with E-state index in [4.69, 9.17) is 16.3 Å². The molecule has 0 N–H and O–H groups in total. The molecule has 0 unspecified atom stereocenters. The first-order valence-electron chi connectivity index (χ1n) is 7.67. The maximum Gasteiger partial charge on any atom is 0.316 e. The lowest BCUT2D eigenvalue weighted by molar-refractivity contribution is -0.139. The summed E-state index contributed by atoms with van der Waals surface area (Å²) in [5.41, 5.74) is 0.867. The number of carbonyl (C=O) groups is 1. The Morgan fingerprint density at radius 3 is 2.68 bits per heavy atom. The minimum atomic E-state index is -0.361. The van der Waals surface area contributed by atoms with Crippen molar-refractivity contribution in [3.05, 3.63) is 63.9 Å². The summed E-state index contributed by atoms with van der Waals surface area (Å²) < 4.78 is 6.39. The van der Waals surface area contributed by atoms with Crippen LogP contribution in [0.1, 0.15) is 6.92 Å². The molecule has 0 saturated heterocycles. The SMILES string of the molecule is CCOC(=O)CSc1nc2ccccc2c(=O)n1-c1ccccc1Cl. The molecule has 0 aliphatic heterocycles. The van der Waals surface area contributed by atoms with E-state index >= 15 is 0 Å². The maximum atomic E-state index is 13.0. The van der Waals surface area contributed by atoms with Gasteiger partial charge in [0.2, 0.25) is 0 Å². The summed E-state index contributed by atoms with van der Waals surface area (Å²) in [6, 6.07) is 14.1. The van der Waals surface area contributed by atoms with Gasteiger partial charge in [-0.25, -0.2) is 4.98 Å². The zero-order chi connectivity index (χ0) is 17.8. The van der Waals surface area contributed by atoms with Crippen molar-refractivity contribution in [1.29, 1.82) is 0 Å². The van der Waals surface area contributed by atoms with Crippen molar-refractivity contribution in [1.82, 2.24) is 9.55 Å². The van der Waals surface area contributed by atoms with E-state index in [1.807, 2.05) is 6.07 Å². The number of carbonyl (C=O) groups excluding carboxylic acids is 1. The van der Waals surface area contributed by atoms with Crippen LogP contribution in [0.3, 0.4) is 0 Å². The number of halogens is 1. The topological polar surface area (TPSA) is 61.2 Å². The van der Waals surface area contributed by atoms with E-state index in [1.165, 1.54) is 4.57 Å². The summed E-state index contributed by atoms with van der Waals surface area (Å²) in [6.45, 7) is 2.05. The number of para-hydroxylation sites is 2. The van der Waals surface area contributed by atoms with Crippen molar-refractivity contribution in [2.45, 2.75) is 12.1 Å². The lowest BCUT2D eigenvalue weighted by atomic mass is 10.2. The van der Waals surface area contributed by atoms with E-state index in [2.05, 4.69) is 4.98 Å². The van der Waals surface area contributed by atoms with Gasteiger partial charge in [-0.05, 0) is 31.2 Å². The normalized spacial score (nSPS) is 10.8. The van der Waals surface area contributed by atoms with Gasteiger partial charge in [-0.1, -0.05) is 47.6 Å². The van der Waals surface area contributed by atoms with Gasteiger partial charge >= 0.3 is 5.97 Å². The summed E-state index contributed by atoms with van der Waals surface area (Å²) in [4.78, 5) is 29.2. The largest absolute Gasteiger partial charge is 0.465 e. The van der Waals surface area contributed by atoms with Crippen LogP contribution in [0, 0.1) is 0 Å². The van der Waals surface area contributed by atoms with E-state index in [0.717, 1.165) is 11.8 Å². The highest BCUT2D eigenvalue weighted by atomic mass is 35.5. The fraction of sp³-hybridized carbons (Fsp3) is 0.167. The Kier molecular flexibility index (Phi) is 5.40. The first-order chi connectivity index (χ1) is 12.1. The number of aromatic nitrogens is 2. The van der Waals surface area contributed by atoms with Crippen LogP contribution in [0.2, 0.25) is 5.02 Å². The molecule has 5 nitrogen and oxygen atoms in total. The summed E-state index contributed by atoms with van der Waals surface area (Å²) in [5, 5.41) is 1.31. The van der Waals surface area contributed by atoms with Gasteiger partial charge in [0.1, 0.15) is 0 Å². The number of fused-ring (bicyclic) bond motifs is 1. The van der Waals surface area contributed by atoms with Gasteiger partial charge in [0.25, 0.3) is 5.56 Å². The van der Waals surface area contributed by atoms with Crippen LogP contribution in [-0.2, 0) is 9.53 Å². The molecule has 0 atom stereocenters. The lowest BCUT2D eigenvalue weighted by Crippen LogP contribution is -2.22. The molecule has 7 heteroatoms. The number of rotatable bonds is 5. The zero-order valence-corrected chi connectivity index (χ0v) is 15.0. The quantitative estimate of drug-likeness (QED) is 0.387. The van der Waals surface area contributed by atoms with E-state index < -0.39 is 0 Å². The van der Waals surface area contributed by atoms with Crippen LogP contribution in [0.5, 0.6) is 0 Å². The van der Waals surface area contributed by atoms with Crippen LogP contribution in [-0.4, -0.2) is 27.9 Å². The number of thioether (sulfide) groups is 1. The Labute approximate surface area is 153 Å². The molecular weight excluding hydrogens is 360 g/mol. The molecule has 25 heavy (non-hydrogen) atoms. The average molecular weight is 375 g/mol. The Hall–Kier alpha value is -2.31. The van der Waals surface area contributed by atoms with Crippen molar-refractivity contribution >= 4 is 40.2 Å². The molecule has 0 fully saturated rings. The van der Waals surface area contributed by atoms with Crippen molar-refractivity contribution in [3.8, 4) is 5.69 Å². The standard InChI is InChI=1S/C18H15ClN2O3S/c1-2-24-16(22)11-25-18-20-14-9-5-3-7-12(14)17(23)21(18)15-10-6-4-8-13(15)19/h3-10H,2,11H2,1H3. The number of ether oxygens (including phenoxy) is 1. The molecule has 0 saturated carbocycles. The van der Waals surface area contributed by atoms with Crippen LogP contribution in [0.4, 0.5) is 0 Å². The third-order valence-electron chi connectivity index (χ3n) is 3.46. The number of benzene rings is 2. The van der Waals surface area contributed by atoms with Crippen LogP contribution in [0.15, 0.2) is 58.5 Å². The second-order valence-corrected chi connectivity index (χ2v) is 6.45. The number of nitrogens with zero attached hydrogens (tertiary/aromatic N) is 2. The average Bonchev–Trinajstić information content (AvgIpc) is 2.61. The molecule has 0 aliphatic rings.